The fourth-order valence-electron chi connectivity index (χ4n) is 4.05. The van der Waals surface area contributed by atoms with Gasteiger partial charge in [0.15, 0.2) is 0 Å². The molecule has 0 radical (unpaired) electrons. The van der Waals surface area contributed by atoms with E-state index >= 15 is 0 Å². The smallest absolute Gasteiger partial charge is 0.0445 e. The Kier molecular flexibility index (Phi) is 4.17. The van der Waals surface area contributed by atoms with Crippen molar-refractivity contribution < 1.29 is 0 Å². The first-order chi connectivity index (χ1) is 11.9. The van der Waals surface area contributed by atoms with Gasteiger partial charge in [-0.3, -0.25) is 4.98 Å². The van der Waals surface area contributed by atoms with Crippen LogP contribution in [0.25, 0.3) is 11.1 Å². The first-order valence-electron chi connectivity index (χ1n) is 8.99. The summed E-state index contributed by atoms with van der Waals surface area (Å²) in [6.07, 6.45) is 6.67. The summed E-state index contributed by atoms with van der Waals surface area (Å²) >= 11 is 0. The number of benzene rings is 2. The summed E-state index contributed by atoms with van der Waals surface area (Å²) in [6.45, 7) is 2.27. The fourth-order valence-corrected chi connectivity index (χ4v) is 4.05. The van der Waals surface area contributed by atoms with E-state index in [-0.39, 0.29) is 0 Å². The molecule has 1 heteroatoms. The Morgan fingerprint density at radius 2 is 1.67 bits per heavy atom. The zero-order valence-electron chi connectivity index (χ0n) is 14.2. The second kappa shape index (κ2) is 6.60. The minimum atomic E-state index is 0.499. The Morgan fingerprint density at radius 1 is 0.958 bits per heavy atom. The highest BCUT2D eigenvalue weighted by molar-refractivity contribution is 5.69. The van der Waals surface area contributed by atoms with Crippen LogP contribution in [-0.4, -0.2) is 4.98 Å². The van der Waals surface area contributed by atoms with Gasteiger partial charge in [0.2, 0.25) is 0 Å². The van der Waals surface area contributed by atoms with Crippen LogP contribution in [-0.2, 0) is 12.8 Å². The lowest BCUT2D eigenvalue weighted by atomic mass is 9.86. The lowest BCUT2D eigenvalue weighted by Gasteiger charge is -2.19. The van der Waals surface area contributed by atoms with Crippen molar-refractivity contribution >= 4 is 0 Å². The molecule has 1 nitrogen and oxygen atoms in total. The molecule has 24 heavy (non-hydrogen) atoms. The summed E-state index contributed by atoms with van der Waals surface area (Å²) in [7, 11) is 0. The number of fused-ring (bicyclic) bond motifs is 1. The van der Waals surface area contributed by atoms with Crippen LogP contribution < -0.4 is 0 Å². The molecule has 2 aromatic carbocycles. The van der Waals surface area contributed by atoms with Crippen molar-refractivity contribution in [3.63, 3.8) is 0 Å². The van der Waals surface area contributed by atoms with Gasteiger partial charge in [0.1, 0.15) is 0 Å². The molecule has 1 aromatic heterocycles. The summed E-state index contributed by atoms with van der Waals surface area (Å²) < 4.78 is 0. The number of aromatic nitrogens is 1. The Labute approximate surface area is 144 Å². The summed E-state index contributed by atoms with van der Waals surface area (Å²) in [5, 5.41) is 0. The molecule has 0 bridgehead atoms. The van der Waals surface area contributed by atoms with Crippen molar-refractivity contribution in [3.8, 4) is 11.1 Å². The molecule has 120 valence electrons. The van der Waals surface area contributed by atoms with Crippen molar-refractivity contribution in [3.05, 3.63) is 89.2 Å². The maximum atomic E-state index is 4.85. The molecule has 1 atom stereocenters. The van der Waals surface area contributed by atoms with Gasteiger partial charge in [0.25, 0.3) is 0 Å². The second-order valence-electron chi connectivity index (χ2n) is 6.63. The molecule has 1 aliphatic carbocycles. The Morgan fingerprint density at radius 3 is 2.38 bits per heavy atom. The van der Waals surface area contributed by atoms with Crippen molar-refractivity contribution in [2.24, 2.45) is 0 Å². The zero-order valence-corrected chi connectivity index (χ0v) is 14.2. The topological polar surface area (TPSA) is 12.9 Å². The molecule has 0 saturated heterocycles. The molecule has 0 N–H and O–H groups in total. The van der Waals surface area contributed by atoms with Crippen molar-refractivity contribution in [2.45, 2.75) is 38.5 Å². The van der Waals surface area contributed by atoms with Crippen LogP contribution >= 0.6 is 0 Å². The summed E-state index contributed by atoms with van der Waals surface area (Å²) in [5.74, 6) is 0.499. The van der Waals surface area contributed by atoms with Crippen LogP contribution in [0.1, 0.15) is 48.1 Å². The minimum absolute atomic E-state index is 0.499. The van der Waals surface area contributed by atoms with E-state index in [0.717, 1.165) is 19.3 Å². The van der Waals surface area contributed by atoms with Gasteiger partial charge in [0.05, 0.1) is 0 Å². The van der Waals surface area contributed by atoms with Crippen molar-refractivity contribution in [1.29, 1.82) is 0 Å². The first kappa shape index (κ1) is 15.1. The highest BCUT2D eigenvalue weighted by Crippen LogP contribution is 2.42. The zero-order chi connectivity index (χ0) is 16.4. The number of rotatable bonds is 4. The summed E-state index contributed by atoms with van der Waals surface area (Å²) in [4.78, 5) is 4.85. The third-order valence-electron chi connectivity index (χ3n) is 5.12. The van der Waals surface area contributed by atoms with E-state index in [1.54, 1.807) is 0 Å². The third kappa shape index (κ3) is 2.65. The monoisotopic (exact) mass is 313 g/mol. The molecule has 3 aromatic rings. The molecule has 0 fully saturated rings. The Bertz CT molecular complexity index is 821. The van der Waals surface area contributed by atoms with Crippen LogP contribution in [0.5, 0.6) is 0 Å². The molecule has 4 rings (SSSR count). The van der Waals surface area contributed by atoms with Gasteiger partial charge < -0.3 is 0 Å². The summed E-state index contributed by atoms with van der Waals surface area (Å²) in [5.41, 5.74) is 8.37. The van der Waals surface area contributed by atoms with Crippen LogP contribution in [0.2, 0.25) is 0 Å². The van der Waals surface area contributed by atoms with E-state index in [0.29, 0.717) is 5.92 Å². The summed E-state index contributed by atoms with van der Waals surface area (Å²) in [6, 6.07) is 21.7. The predicted molar refractivity (Wildman–Crippen MR) is 100 cm³/mol. The largest absolute Gasteiger partial charge is 0.260 e. The number of hydrogen-bond acceptors (Lipinski definition) is 1. The highest BCUT2D eigenvalue weighted by Gasteiger charge is 2.29. The van der Waals surface area contributed by atoms with Gasteiger partial charge in [-0.25, -0.2) is 0 Å². The fraction of sp³-hybridized carbons (Fsp3) is 0.261. The van der Waals surface area contributed by atoms with Gasteiger partial charge >= 0.3 is 0 Å². The molecule has 1 unspecified atom stereocenters. The van der Waals surface area contributed by atoms with Gasteiger partial charge in [-0.15, -0.1) is 0 Å². The molecule has 0 spiro atoms. The Balaban J connectivity index is 1.88. The molecule has 0 amide bonds. The van der Waals surface area contributed by atoms with Gasteiger partial charge in [0, 0.05) is 23.4 Å². The van der Waals surface area contributed by atoms with Gasteiger partial charge in [-0.2, -0.15) is 0 Å². The maximum Gasteiger partial charge on any atom is 0.0445 e. The second-order valence-corrected chi connectivity index (χ2v) is 6.63. The van der Waals surface area contributed by atoms with Gasteiger partial charge in [-0.1, -0.05) is 74.0 Å². The maximum absolute atomic E-state index is 4.85. The minimum Gasteiger partial charge on any atom is -0.260 e. The van der Waals surface area contributed by atoms with Crippen LogP contribution in [0.15, 0.2) is 66.9 Å². The van der Waals surface area contributed by atoms with Gasteiger partial charge in [-0.05, 0) is 41.5 Å². The van der Waals surface area contributed by atoms with E-state index in [2.05, 4.69) is 73.8 Å². The van der Waals surface area contributed by atoms with E-state index in [1.165, 1.54) is 39.9 Å². The highest BCUT2D eigenvalue weighted by atomic mass is 14.7. The van der Waals surface area contributed by atoms with E-state index < -0.39 is 0 Å². The average molecular weight is 313 g/mol. The predicted octanol–water partition coefficient (Wildman–Crippen LogP) is 5.78. The lowest BCUT2D eigenvalue weighted by molar-refractivity contribution is 0.775. The number of pyridine rings is 1. The van der Waals surface area contributed by atoms with Crippen molar-refractivity contribution in [1.82, 2.24) is 4.98 Å². The quantitative estimate of drug-likeness (QED) is 0.595. The van der Waals surface area contributed by atoms with Crippen LogP contribution in [0.4, 0.5) is 0 Å². The number of aryl methyl sites for hydroxylation is 1. The normalized spacial score (nSPS) is 16.1. The lowest BCUT2D eigenvalue weighted by Crippen LogP contribution is -2.04. The number of hydrogen-bond donors (Lipinski definition) is 0. The van der Waals surface area contributed by atoms with E-state index in [4.69, 9.17) is 4.98 Å². The standard InChI is InChI=1S/C23H23N/c1-2-9-20-21(18-12-7-4-8-13-18)16-24-22-15-14-19(23(20)22)17-10-5-3-6-11-17/h3-8,10-13,16,19H,2,9,14-15H2,1H3. The molecule has 1 heterocycles. The molecule has 0 saturated carbocycles. The molecule has 1 aliphatic rings. The van der Waals surface area contributed by atoms with E-state index in [1.807, 2.05) is 0 Å². The Hall–Kier alpha value is -2.41. The molecule has 0 aliphatic heterocycles. The third-order valence-corrected chi connectivity index (χ3v) is 5.12. The van der Waals surface area contributed by atoms with Crippen LogP contribution in [0.3, 0.4) is 0 Å². The average Bonchev–Trinajstić information content (AvgIpc) is 3.08. The molecular weight excluding hydrogens is 290 g/mol. The number of nitrogens with zero attached hydrogens (tertiary/aromatic N) is 1. The van der Waals surface area contributed by atoms with E-state index in [9.17, 15) is 0 Å². The van der Waals surface area contributed by atoms with Crippen LogP contribution in [0, 0.1) is 0 Å². The SMILES string of the molecule is CCCc1c(-c2ccccc2)cnc2c1C(c1ccccc1)CC2. The van der Waals surface area contributed by atoms with Crippen molar-refractivity contribution in [2.75, 3.05) is 0 Å². The molecular formula is C23H23N. The first-order valence-corrected chi connectivity index (χ1v) is 8.99.